The second-order valence-electron chi connectivity index (χ2n) is 6.54. The molecule has 0 aliphatic rings. The number of hydrazone groups is 1. The van der Waals surface area contributed by atoms with E-state index in [-0.39, 0.29) is 18.4 Å². The Balaban J connectivity index is 1.55. The van der Waals surface area contributed by atoms with Crippen molar-refractivity contribution in [2.24, 2.45) is 5.10 Å². The number of hydrogen-bond donors (Lipinski definition) is 2. The van der Waals surface area contributed by atoms with Gasteiger partial charge in [0.25, 0.3) is 11.8 Å². The number of carbonyl (C=O) groups excluding carboxylic acids is 2. The molecule has 0 saturated heterocycles. The molecule has 0 fully saturated rings. The SMILES string of the molecule is COc1ccc(NC(=O)COc2ccc(C=NNC(=O)c3ccccc3)cc2OC)cc1. The summed E-state index contributed by atoms with van der Waals surface area (Å²) in [7, 11) is 3.07. The molecule has 0 aliphatic heterocycles. The molecular weight excluding hydrogens is 410 g/mol. The summed E-state index contributed by atoms with van der Waals surface area (Å²) in [6.45, 7) is -0.192. The van der Waals surface area contributed by atoms with Crippen molar-refractivity contribution in [3.8, 4) is 17.2 Å². The zero-order valence-corrected chi connectivity index (χ0v) is 17.7. The molecule has 8 heteroatoms. The Bertz CT molecular complexity index is 1080. The van der Waals surface area contributed by atoms with E-state index in [1.165, 1.54) is 13.3 Å². The lowest BCUT2D eigenvalue weighted by molar-refractivity contribution is -0.118. The average Bonchev–Trinajstić information content (AvgIpc) is 2.84. The normalized spacial score (nSPS) is 10.4. The fourth-order valence-electron chi connectivity index (χ4n) is 2.72. The number of methoxy groups -OCH3 is 2. The quantitative estimate of drug-likeness (QED) is 0.398. The summed E-state index contributed by atoms with van der Waals surface area (Å²) in [5, 5.41) is 6.71. The number of anilines is 1. The van der Waals surface area contributed by atoms with Gasteiger partial charge in [-0.2, -0.15) is 5.10 Å². The van der Waals surface area contributed by atoms with E-state index in [1.807, 2.05) is 6.07 Å². The van der Waals surface area contributed by atoms with Crippen molar-refractivity contribution in [1.82, 2.24) is 5.43 Å². The maximum absolute atomic E-state index is 12.2. The molecule has 0 radical (unpaired) electrons. The molecule has 8 nitrogen and oxygen atoms in total. The molecule has 164 valence electrons. The van der Waals surface area contributed by atoms with Crippen LogP contribution in [0.4, 0.5) is 5.69 Å². The smallest absolute Gasteiger partial charge is 0.271 e. The highest BCUT2D eigenvalue weighted by atomic mass is 16.5. The summed E-state index contributed by atoms with van der Waals surface area (Å²) < 4.78 is 16.0. The molecule has 2 N–H and O–H groups in total. The van der Waals surface area contributed by atoms with Crippen molar-refractivity contribution >= 4 is 23.7 Å². The van der Waals surface area contributed by atoms with Crippen LogP contribution in [0.5, 0.6) is 17.2 Å². The Kier molecular flexibility index (Phi) is 7.80. The molecule has 0 aliphatic carbocycles. The molecule has 3 aromatic rings. The second kappa shape index (κ2) is 11.2. The van der Waals surface area contributed by atoms with Gasteiger partial charge < -0.3 is 19.5 Å². The van der Waals surface area contributed by atoms with Gasteiger partial charge in [-0.3, -0.25) is 9.59 Å². The van der Waals surface area contributed by atoms with Crippen LogP contribution in [0.15, 0.2) is 77.9 Å². The first-order valence-corrected chi connectivity index (χ1v) is 9.72. The molecule has 3 aromatic carbocycles. The van der Waals surface area contributed by atoms with Gasteiger partial charge in [-0.15, -0.1) is 0 Å². The van der Waals surface area contributed by atoms with Crippen LogP contribution in [0.2, 0.25) is 0 Å². The predicted molar refractivity (Wildman–Crippen MR) is 122 cm³/mol. The molecule has 32 heavy (non-hydrogen) atoms. The number of hydrogen-bond acceptors (Lipinski definition) is 6. The van der Waals surface area contributed by atoms with Crippen LogP contribution in [-0.2, 0) is 4.79 Å². The lowest BCUT2D eigenvalue weighted by Gasteiger charge is -2.11. The number of benzene rings is 3. The van der Waals surface area contributed by atoms with Crippen molar-refractivity contribution in [3.05, 3.63) is 83.9 Å². The summed E-state index contributed by atoms with van der Waals surface area (Å²) in [5.41, 5.74) is 4.30. The number of rotatable bonds is 9. The Morgan fingerprint density at radius 2 is 1.66 bits per heavy atom. The van der Waals surface area contributed by atoms with Gasteiger partial charge in [-0.1, -0.05) is 18.2 Å². The first-order chi connectivity index (χ1) is 15.6. The van der Waals surface area contributed by atoms with Crippen LogP contribution in [0.3, 0.4) is 0 Å². The number of amides is 2. The summed E-state index contributed by atoms with van der Waals surface area (Å²) in [6.07, 6.45) is 1.49. The average molecular weight is 433 g/mol. The first kappa shape index (κ1) is 22.4. The van der Waals surface area contributed by atoms with E-state index in [4.69, 9.17) is 14.2 Å². The van der Waals surface area contributed by atoms with Crippen molar-refractivity contribution in [2.75, 3.05) is 26.1 Å². The van der Waals surface area contributed by atoms with Crippen LogP contribution in [0.25, 0.3) is 0 Å². The molecule has 2 amide bonds. The van der Waals surface area contributed by atoms with Gasteiger partial charge in [0.15, 0.2) is 18.1 Å². The Labute approximate surface area is 185 Å². The second-order valence-corrected chi connectivity index (χ2v) is 6.54. The maximum atomic E-state index is 12.2. The van der Waals surface area contributed by atoms with Gasteiger partial charge in [0.05, 0.1) is 20.4 Å². The standard InChI is InChI=1S/C24H23N3O5/c1-30-20-11-9-19(10-12-20)26-23(28)16-32-21-13-8-17(14-22(21)31-2)15-25-27-24(29)18-6-4-3-5-7-18/h3-15H,16H2,1-2H3,(H,26,28)(H,27,29). The minimum Gasteiger partial charge on any atom is -0.497 e. The molecule has 0 spiro atoms. The first-order valence-electron chi connectivity index (χ1n) is 9.72. The molecule has 3 rings (SSSR count). The Morgan fingerprint density at radius 1 is 0.906 bits per heavy atom. The molecule has 0 heterocycles. The van der Waals surface area contributed by atoms with E-state index in [9.17, 15) is 9.59 Å². The number of nitrogens with one attached hydrogen (secondary N) is 2. The highest BCUT2D eigenvalue weighted by Gasteiger charge is 2.09. The summed E-state index contributed by atoms with van der Waals surface area (Å²) in [4.78, 5) is 24.2. The third-order valence-electron chi connectivity index (χ3n) is 4.34. The fourth-order valence-corrected chi connectivity index (χ4v) is 2.72. The van der Waals surface area contributed by atoms with Crippen molar-refractivity contribution < 1.29 is 23.8 Å². The van der Waals surface area contributed by atoms with Crippen LogP contribution in [0, 0.1) is 0 Å². The lowest BCUT2D eigenvalue weighted by atomic mass is 10.2. The largest absolute Gasteiger partial charge is 0.497 e. The minimum absolute atomic E-state index is 0.192. The Hall–Kier alpha value is -4.33. The van der Waals surface area contributed by atoms with Gasteiger partial charge in [0, 0.05) is 11.3 Å². The van der Waals surface area contributed by atoms with Crippen molar-refractivity contribution in [2.45, 2.75) is 0 Å². The minimum atomic E-state index is -0.313. The van der Waals surface area contributed by atoms with Crippen LogP contribution < -0.4 is 25.0 Å². The van der Waals surface area contributed by atoms with Crippen LogP contribution in [0.1, 0.15) is 15.9 Å². The van der Waals surface area contributed by atoms with Gasteiger partial charge >= 0.3 is 0 Å². The summed E-state index contributed by atoms with van der Waals surface area (Å²) >= 11 is 0. The van der Waals surface area contributed by atoms with Gasteiger partial charge in [0.2, 0.25) is 0 Å². The highest BCUT2D eigenvalue weighted by molar-refractivity contribution is 5.95. The van der Waals surface area contributed by atoms with E-state index in [0.29, 0.717) is 34.1 Å². The number of carbonyl (C=O) groups is 2. The topological polar surface area (TPSA) is 98.3 Å². The van der Waals surface area contributed by atoms with Crippen molar-refractivity contribution in [1.29, 1.82) is 0 Å². The third-order valence-corrected chi connectivity index (χ3v) is 4.34. The molecule has 0 bridgehead atoms. The molecule has 0 unspecified atom stereocenters. The van der Waals surface area contributed by atoms with Gasteiger partial charge in [0.1, 0.15) is 5.75 Å². The van der Waals surface area contributed by atoms with E-state index < -0.39 is 0 Å². The molecule has 0 saturated carbocycles. The van der Waals surface area contributed by atoms with Crippen LogP contribution in [-0.4, -0.2) is 38.9 Å². The predicted octanol–water partition coefficient (Wildman–Crippen LogP) is 3.49. The van der Waals surface area contributed by atoms with Crippen LogP contribution >= 0.6 is 0 Å². The van der Waals surface area contributed by atoms with Gasteiger partial charge in [-0.25, -0.2) is 5.43 Å². The molecule has 0 atom stereocenters. The Morgan fingerprint density at radius 3 is 2.34 bits per heavy atom. The summed E-state index contributed by atoms with van der Waals surface area (Å²) in [5.74, 6) is 0.916. The zero-order chi connectivity index (χ0) is 22.8. The fraction of sp³-hybridized carbons (Fsp3) is 0.125. The lowest BCUT2D eigenvalue weighted by Crippen LogP contribution is -2.20. The number of ether oxygens (including phenoxy) is 3. The highest BCUT2D eigenvalue weighted by Crippen LogP contribution is 2.27. The van der Waals surface area contributed by atoms with Crippen molar-refractivity contribution in [3.63, 3.8) is 0 Å². The van der Waals surface area contributed by atoms with Gasteiger partial charge in [-0.05, 0) is 60.2 Å². The maximum Gasteiger partial charge on any atom is 0.271 e. The van der Waals surface area contributed by atoms with E-state index in [2.05, 4.69) is 15.8 Å². The number of nitrogens with zero attached hydrogens (tertiary/aromatic N) is 1. The van der Waals surface area contributed by atoms with E-state index in [1.54, 1.807) is 73.8 Å². The van der Waals surface area contributed by atoms with E-state index >= 15 is 0 Å². The molecular formula is C24H23N3O5. The monoisotopic (exact) mass is 433 g/mol. The summed E-state index contributed by atoms with van der Waals surface area (Å²) in [6, 6.07) is 20.9. The zero-order valence-electron chi connectivity index (χ0n) is 17.7. The molecule has 0 aromatic heterocycles. The van der Waals surface area contributed by atoms with E-state index in [0.717, 1.165) is 0 Å². The third kappa shape index (κ3) is 6.33.